The Labute approximate surface area is 185 Å². The van der Waals surface area contributed by atoms with Crippen molar-refractivity contribution >= 4 is 23.2 Å². The van der Waals surface area contributed by atoms with Crippen LogP contribution in [-0.2, 0) is 22.7 Å². The van der Waals surface area contributed by atoms with E-state index in [4.69, 9.17) is 0 Å². The van der Waals surface area contributed by atoms with Gasteiger partial charge in [0.15, 0.2) is 0 Å². The van der Waals surface area contributed by atoms with Crippen LogP contribution in [0.2, 0.25) is 0 Å². The first-order valence-corrected chi connectivity index (χ1v) is 11.6. The lowest BCUT2D eigenvalue weighted by atomic mass is 9.91. The number of thiophene rings is 1. The molecule has 0 radical (unpaired) electrons. The minimum Gasteiger partial charge on any atom is -0.332 e. The van der Waals surface area contributed by atoms with Gasteiger partial charge in [0.2, 0.25) is 11.8 Å². The highest BCUT2D eigenvalue weighted by Gasteiger charge is 2.28. The summed E-state index contributed by atoms with van der Waals surface area (Å²) in [5.41, 5.74) is 0.986. The van der Waals surface area contributed by atoms with E-state index >= 15 is 0 Å². The first-order valence-electron chi connectivity index (χ1n) is 10.8. The third-order valence-corrected chi connectivity index (χ3v) is 6.13. The Morgan fingerprint density at radius 2 is 1.67 bits per heavy atom. The third-order valence-electron chi connectivity index (χ3n) is 5.14. The van der Waals surface area contributed by atoms with Crippen LogP contribution in [0, 0.1) is 12.3 Å². The molecule has 5 heteroatoms. The Hall–Kier alpha value is -2.14. The average molecular weight is 429 g/mol. The maximum absolute atomic E-state index is 13.4. The fourth-order valence-corrected chi connectivity index (χ4v) is 4.21. The quantitative estimate of drug-likeness (QED) is 0.518. The van der Waals surface area contributed by atoms with Crippen LogP contribution >= 0.6 is 11.3 Å². The average Bonchev–Trinajstić information content (AvgIpc) is 3.09. The zero-order valence-corrected chi connectivity index (χ0v) is 20.1. The van der Waals surface area contributed by atoms with Crippen molar-refractivity contribution in [2.24, 2.45) is 5.41 Å². The fraction of sp³-hybridized carbons (Fsp3) is 0.520. The summed E-state index contributed by atoms with van der Waals surface area (Å²) in [6.07, 6.45) is 1.26. The highest BCUT2D eigenvalue weighted by molar-refractivity contribution is 7.11. The van der Waals surface area contributed by atoms with Gasteiger partial charge in [-0.05, 0) is 43.4 Å². The van der Waals surface area contributed by atoms with Gasteiger partial charge in [0, 0.05) is 28.8 Å². The standard InChI is InChI=1S/C25H36N2O2S/c1-7-19(2)27(23(28)15-25(4,5)6)18-24(29)26(16-21-11-9-8-10-12-21)17-22-14-13-20(3)30-22/h8-14,19H,7,15-18H2,1-6H3. The van der Waals surface area contributed by atoms with Crippen LogP contribution in [0.3, 0.4) is 0 Å². The van der Waals surface area contributed by atoms with E-state index in [2.05, 4.69) is 46.8 Å². The number of aryl methyl sites for hydroxylation is 1. The van der Waals surface area contributed by atoms with Crippen LogP contribution in [0.1, 0.15) is 62.8 Å². The second-order valence-electron chi connectivity index (χ2n) is 9.26. The number of nitrogens with zero attached hydrogens (tertiary/aromatic N) is 2. The summed E-state index contributed by atoms with van der Waals surface area (Å²) in [5.74, 6) is 0.0456. The number of carbonyl (C=O) groups is 2. The highest BCUT2D eigenvalue weighted by atomic mass is 32.1. The van der Waals surface area contributed by atoms with Crippen LogP contribution in [0.5, 0.6) is 0 Å². The number of hydrogen-bond acceptors (Lipinski definition) is 3. The second-order valence-corrected chi connectivity index (χ2v) is 10.6. The molecule has 0 aliphatic heterocycles. The lowest BCUT2D eigenvalue weighted by molar-refractivity contribution is -0.144. The topological polar surface area (TPSA) is 40.6 Å². The predicted molar refractivity (Wildman–Crippen MR) is 125 cm³/mol. The van der Waals surface area contributed by atoms with Gasteiger partial charge in [-0.1, -0.05) is 58.0 Å². The summed E-state index contributed by atoms with van der Waals surface area (Å²) in [6.45, 7) is 13.6. The summed E-state index contributed by atoms with van der Waals surface area (Å²) >= 11 is 1.71. The number of rotatable bonds is 9. The summed E-state index contributed by atoms with van der Waals surface area (Å²) in [4.78, 5) is 32.4. The lowest BCUT2D eigenvalue weighted by Crippen LogP contribution is -2.47. The van der Waals surface area contributed by atoms with Gasteiger partial charge >= 0.3 is 0 Å². The Bertz CT molecular complexity index is 823. The molecule has 0 aliphatic rings. The number of amides is 2. The van der Waals surface area contributed by atoms with E-state index < -0.39 is 0 Å². The van der Waals surface area contributed by atoms with E-state index in [1.165, 1.54) is 4.88 Å². The highest BCUT2D eigenvalue weighted by Crippen LogP contribution is 2.22. The van der Waals surface area contributed by atoms with Crippen molar-refractivity contribution in [3.05, 3.63) is 57.8 Å². The van der Waals surface area contributed by atoms with Crippen LogP contribution < -0.4 is 0 Å². The van der Waals surface area contributed by atoms with Crippen molar-refractivity contribution in [1.82, 2.24) is 9.80 Å². The zero-order chi connectivity index (χ0) is 22.3. The molecule has 1 atom stereocenters. The van der Waals surface area contributed by atoms with Gasteiger partial charge in [-0.15, -0.1) is 11.3 Å². The van der Waals surface area contributed by atoms with Gasteiger partial charge in [0.25, 0.3) is 0 Å². The van der Waals surface area contributed by atoms with Crippen molar-refractivity contribution in [2.45, 2.75) is 73.5 Å². The van der Waals surface area contributed by atoms with Crippen molar-refractivity contribution < 1.29 is 9.59 Å². The smallest absolute Gasteiger partial charge is 0.242 e. The molecule has 164 valence electrons. The lowest BCUT2D eigenvalue weighted by Gasteiger charge is -2.33. The van der Waals surface area contributed by atoms with Gasteiger partial charge in [0.1, 0.15) is 6.54 Å². The summed E-state index contributed by atoms with van der Waals surface area (Å²) in [6, 6.07) is 14.2. The molecule has 2 amide bonds. The molecule has 1 aromatic heterocycles. The van der Waals surface area contributed by atoms with Gasteiger partial charge in [-0.25, -0.2) is 0 Å². The Kier molecular flexibility index (Phi) is 8.65. The number of benzene rings is 1. The Balaban J connectivity index is 2.21. The molecule has 0 fully saturated rings. The van der Waals surface area contributed by atoms with Crippen molar-refractivity contribution in [3.8, 4) is 0 Å². The van der Waals surface area contributed by atoms with E-state index in [1.807, 2.05) is 42.2 Å². The van der Waals surface area contributed by atoms with Crippen LogP contribution in [0.4, 0.5) is 0 Å². The van der Waals surface area contributed by atoms with E-state index in [0.29, 0.717) is 19.5 Å². The first-order chi connectivity index (χ1) is 14.1. The molecule has 1 heterocycles. The Morgan fingerprint density at radius 1 is 1.00 bits per heavy atom. The Morgan fingerprint density at radius 3 is 2.20 bits per heavy atom. The molecule has 2 rings (SSSR count). The molecule has 0 N–H and O–H groups in total. The molecule has 0 saturated heterocycles. The molecule has 0 spiro atoms. The molecule has 0 bridgehead atoms. The minimum absolute atomic E-state index is 0.00698. The predicted octanol–water partition coefficient (Wildman–Crippen LogP) is 5.65. The molecular formula is C25H36N2O2S. The maximum Gasteiger partial charge on any atom is 0.242 e. The van der Waals surface area contributed by atoms with Gasteiger partial charge in [-0.3, -0.25) is 9.59 Å². The van der Waals surface area contributed by atoms with Gasteiger partial charge in [0.05, 0.1) is 6.54 Å². The minimum atomic E-state index is -0.107. The van der Waals surface area contributed by atoms with Gasteiger partial charge in [-0.2, -0.15) is 0 Å². The largest absolute Gasteiger partial charge is 0.332 e. The van der Waals surface area contributed by atoms with E-state index in [1.54, 1.807) is 16.2 Å². The zero-order valence-electron chi connectivity index (χ0n) is 19.3. The van der Waals surface area contributed by atoms with Crippen molar-refractivity contribution in [3.63, 3.8) is 0 Å². The SMILES string of the molecule is CCC(C)N(CC(=O)N(Cc1ccccc1)Cc1ccc(C)s1)C(=O)CC(C)(C)C. The fourth-order valence-electron chi connectivity index (χ4n) is 3.31. The molecule has 2 aromatic rings. The number of carbonyl (C=O) groups excluding carboxylic acids is 2. The summed E-state index contributed by atoms with van der Waals surface area (Å²) < 4.78 is 0. The maximum atomic E-state index is 13.4. The summed E-state index contributed by atoms with van der Waals surface area (Å²) in [5, 5.41) is 0. The van der Waals surface area contributed by atoms with Crippen LogP contribution in [0.25, 0.3) is 0 Å². The molecule has 0 aliphatic carbocycles. The molecule has 1 unspecified atom stereocenters. The van der Waals surface area contributed by atoms with E-state index in [0.717, 1.165) is 16.9 Å². The molecule has 1 aromatic carbocycles. The molecule has 0 saturated carbocycles. The summed E-state index contributed by atoms with van der Waals surface area (Å²) in [7, 11) is 0. The van der Waals surface area contributed by atoms with E-state index in [-0.39, 0.29) is 29.8 Å². The van der Waals surface area contributed by atoms with Crippen LogP contribution in [-0.4, -0.2) is 34.2 Å². The monoisotopic (exact) mass is 428 g/mol. The van der Waals surface area contributed by atoms with Crippen molar-refractivity contribution in [1.29, 1.82) is 0 Å². The molecule has 30 heavy (non-hydrogen) atoms. The first kappa shape index (κ1) is 24.1. The van der Waals surface area contributed by atoms with Crippen molar-refractivity contribution in [2.75, 3.05) is 6.54 Å². The molecular weight excluding hydrogens is 392 g/mol. The third kappa shape index (κ3) is 7.60. The number of hydrogen-bond donors (Lipinski definition) is 0. The van der Waals surface area contributed by atoms with Crippen LogP contribution in [0.15, 0.2) is 42.5 Å². The van der Waals surface area contributed by atoms with Gasteiger partial charge < -0.3 is 9.80 Å². The van der Waals surface area contributed by atoms with E-state index in [9.17, 15) is 9.59 Å². The normalized spacial score (nSPS) is 12.5. The molecule has 4 nitrogen and oxygen atoms in total. The second kappa shape index (κ2) is 10.8.